The Bertz CT molecular complexity index is 1020. The molecular weight excluding hydrogens is 356 g/mol. The average molecular weight is 376 g/mol. The minimum absolute atomic E-state index is 0.0315. The van der Waals surface area contributed by atoms with Gasteiger partial charge >= 0.3 is 0 Å². The van der Waals surface area contributed by atoms with Gasteiger partial charge in [0.25, 0.3) is 5.91 Å². The normalized spacial score (nSPS) is 10.2. The van der Waals surface area contributed by atoms with Gasteiger partial charge in [0.1, 0.15) is 23.6 Å². The highest BCUT2D eigenvalue weighted by atomic mass is 16.5. The minimum atomic E-state index is -0.378. The van der Waals surface area contributed by atoms with E-state index in [1.165, 1.54) is 13.3 Å². The largest absolute Gasteiger partial charge is 0.495 e. The highest BCUT2D eigenvalue weighted by molar-refractivity contribution is 6.03. The lowest BCUT2D eigenvalue weighted by Crippen LogP contribution is -2.14. The van der Waals surface area contributed by atoms with Crippen LogP contribution in [0.5, 0.6) is 5.75 Å². The average Bonchev–Trinajstić information content (AvgIpc) is 2.69. The van der Waals surface area contributed by atoms with Crippen molar-refractivity contribution in [2.45, 2.75) is 13.8 Å². The van der Waals surface area contributed by atoms with Crippen molar-refractivity contribution in [3.05, 3.63) is 71.7 Å². The molecule has 0 saturated carbocycles. The standard InChI is InChI=1S/C21H20N4O3/c1-13-4-9-19(28-3)17(10-13)25-20-11-18(22-12-23-20)21(27)24-16-7-5-15(6-8-16)14(2)26/h4-12H,1-3H3,(H,24,27)(H,22,23,25). The summed E-state index contributed by atoms with van der Waals surface area (Å²) in [6.45, 7) is 3.47. The quantitative estimate of drug-likeness (QED) is 0.632. The van der Waals surface area contributed by atoms with Crippen LogP contribution in [0.3, 0.4) is 0 Å². The maximum Gasteiger partial charge on any atom is 0.274 e. The van der Waals surface area contributed by atoms with E-state index >= 15 is 0 Å². The molecular formula is C21H20N4O3. The van der Waals surface area contributed by atoms with E-state index in [2.05, 4.69) is 20.6 Å². The molecule has 7 nitrogen and oxygen atoms in total. The number of nitrogens with one attached hydrogen (secondary N) is 2. The number of Topliss-reactive ketones (excluding diaryl/α,β-unsaturated/α-hetero) is 1. The second-order valence-corrected chi connectivity index (χ2v) is 6.20. The van der Waals surface area contributed by atoms with E-state index in [0.29, 0.717) is 22.8 Å². The zero-order chi connectivity index (χ0) is 20.1. The van der Waals surface area contributed by atoms with Gasteiger partial charge in [0.05, 0.1) is 12.8 Å². The first-order chi connectivity index (χ1) is 13.5. The Labute approximate surface area is 162 Å². The first kappa shape index (κ1) is 19.0. The lowest BCUT2D eigenvalue weighted by Gasteiger charge is -2.12. The molecule has 3 rings (SSSR count). The van der Waals surface area contributed by atoms with Gasteiger partial charge in [-0.2, -0.15) is 0 Å². The number of aromatic nitrogens is 2. The molecule has 1 amide bonds. The highest BCUT2D eigenvalue weighted by Gasteiger charge is 2.11. The Kier molecular flexibility index (Phi) is 5.64. The van der Waals surface area contributed by atoms with E-state index in [9.17, 15) is 9.59 Å². The second kappa shape index (κ2) is 8.30. The van der Waals surface area contributed by atoms with Gasteiger partial charge < -0.3 is 15.4 Å². The minimum Gasteiger partial charge on any atom is -0.495 e. The predicted molar refractivity (Wildman–Crippen MR) is 107 cm³/mol. The summed E-state index contributed by atoms with van der Waals surface area (Å²) in [7, 11) is 1.59. The van der Waals surface area contributed by atoms with Crippen molar-refractivity contribution in [1.29, 1.82) is 0 Å². The van der Waals surface area contributed by atoms with E-state index in [1.54, 1.807) is 37.4 Å². The van der Waals surface area contributed by atoms with Gasteiger partial charge in [-0.1, -0.05) is 6.07 Å². The zero-order valence-corrected chi connectivity index (χ0v) is 15.8. The number of rotatable bonds is 6. The van der Waals surface area contributed by atoms with Gasteiger partial charge in [0.15, 0.2) is 5.78 Å². The molecule has 0 bridgehead atoms. The van der Waals surface area contributed by atoms with Gasteiger partial charge in [-0.05, 0) is 55.8 Å². The van der Waals surface area contributed by atoms with Gasteiger partial charge in [0, 0.05) is 17.3 Å². The molecule has 28 heavy (non-hydrogen) atoms. The third kappa shape index (κ3) is 4.50. The molecule has 0 fully saturated rings. The summed E-state index contributed by atoms with van der Waals surface area (Å²) < 4.78 is 5.35. The summed E-state index contributed by atoms with van der Waals surface area (Å²) >= 11 is 0. The topological polar surface area (TPSA) is 93.2 Å². The number of benzene rings is 2. The molecule has 0 saturated heterocycles. The fraction of sp³-hybridized carbons (Fsp3) is 0.143. The molecule has 142 valence electrons. The first-order valence-corrected chi connectivity index (χ1v) is 8.62. The number of aryl methyl sites for hydroxylation is 1. The van der Waals surface area contributed by atoms with E-state index in [-0.39, 0.29) is 17.4 Å². The number of methoxy groups -OCH3 is 1. The van der Waals surface area contributed by atoms with Crippen LogP contribution in [0.15, 0.2) is 54.9 Å². The van der Waals surface area contributed by atoms with Gasteiger partial charge in [-0.15, -0.1) is 0 Å². The maximum absolute atomic E-state index is 12.5. The number of hydrogen-bond donors (Lipinski definition) is 2. The molecule has 2 N–H and O–H groups in total. The second-order valence-electron chi connectivity index (χ2n) is 6.20. The predicted octanol–water partition coefficient (Wildman–Crippen LogP) is 3.99. The molecule has 1 aromatic heterocycles. The summed E-state index contributed by atoms with van der Waals surface area (Å²) in [5.41, 5.74) is 3.17. The van der Waals surface area contributed by atoms with Crippen LogP contribution in [0.2, 0.25) is 0 Å². The molecule has 0 atom stereocenters. The third-order valence-electron chi connectivity index (χ3n) is 4.07. The number of amides is 1. The van der Waals surface area contributed by atoms with E-state index in [1.807, 2.05) is 25.1 Å². The molecule has 0 aliphatic heterocycles. The van der Waals surface area contributed by atoms with Crippen LogP contribution in [0, 0.1) is 6.92 Å². The molecule has 0 radical (unpaired) electrons. The number of nitrogens with zero attached hydrogens (tertiary/aromatic N) is 2. The number of hydrogen-bond acceptors (Lipinski definition) is 6. The van der Waals surface area contributed by atoms with E-state index in [0.717, 1.165) is 11.3 Å². The number of carbonyl (C=O) groups is 2. The Morgan fingerprint density at radius 3 is 2.43 bits per heavy atom. The van der Waals surface area contributed by atoms with Gasteiger partial charge in [-0.25, -0.2) is 9.97 Å². The Morgan fingerprint density at radius 1 is 1.00 bits per heavy atom. The molecule has 0 aliphatic rings. The summed E-state index contributed by atoms with van der Waals surface area (Å²) in [5, 5.41) is 5.90. The van der Waals surface area contributed by atoms with Crippen molar-refractivity contribution in [3.63, 3.8) is 0 Å². The van der Waals surface area contributed by atoms with Crippen molar-refractivity contribution in [2.75, 3.05) is 17.7 Å². The molecule has 0 spiro atoms. The Hall–Kier alpha value is -3.74. The van der Waals surface area contributed by atoms with Crippen molar-refractivity contribution in [2.24, 2.45) is 0 Å². The molecule has 1 heterocycles. The van der Waals surface area contributed by atoms with Crippen molar-refractivity contribution in [3.8, 4) is 5.75 Å². The van der Waals surface area contributed by atoms with Crippen molar-refractivity contribution >= 4 is 28.9 Å². The lowest BCUT2D eigenvalue weighted by atomic mass is 10.1. The molecule has 7 heteroatoms. The zero-order valence-electron chi connectivity index (χ0n) is 15.8. The fourth-order valence-electron chi connectivity index (χ4n) is 2.59. The van der Waals surface area contributed by atoms with Crippen LogP contribution >= 0.6 is 0 Å². The molecule has 2 aromatic carbocycles. The number of ketones is 1. The summed E-state index contributed by atoms with van der Waals surface area (Å²) in [6.07, 6.45) is 1.32. The summed E-state index contributed by atoms with van der Waals surface area (Å²) in [4.78, 5) is 32.0. The van der Waals surface area contributed by atoms with Crippen molar-refractivity contribution < 1.29 is 14.3 Å². The summed E-state index contributed by atoms with van der Waals surface area (Å²) in [6, 6.07) is 14.0. The number of ether oxygens (including phenoxy) is 1. The van der Waals surface area contributed by atoms with Crippen LogP contribution in [0.25, 0.3) is 0 Å². The molecule has 0 unspecified atom stereocenters. The Morgan fingerprint density at radius 2 is 1.75 bits per heavy atom. The van der Waals surface area contributed by atoms with Crippen molar-refractivity contribution in [1.82, 2.24) is 9.97 Å². The van der Waals surface area contributed by atoms with Gasteiger partial charge in [0.2, 0.25) is 0 Å². The molecule has 0 aliphatic carbocycles. The molecule has 3 aromatic rings. The summed E-state index contributed by atoms with van der Waals surface area (Å²) in [5.74, 6) is 0.727. The highest BCUT2D eigenvalue weighted by Crippen LogP contribution is 2.28. The van der Waals surface area contributed by atoms with Crippen LogP contribution < -0.4 is 15.4 Å². The van der Waals surface area contributed by atoms with E-state index < -0.39 is 0 Å². The number of anilines is 3. The fourth-order valence-corrected chi connectivity index (χ4v) is 2.59. The Balaban J connectivity index is 1.76. The maximum atomic E-state index is 12.5. The smallest absolute Gasteiger partial charge is 0.274 e. The monoisotopic (exact) mass is 376 g/mol. The van der Waals surface area contributed by atoms with E-state index in [4.69, 9.17) is 4.74 Å². The van der Waals surface area contributed by atoms with Crippen LogP contribution in [-0.4, -0.2) is 28.8 Å². The van der Waals surface area contributed by atoms with Crippen LogP contribution in [0.4, 0.5) is 17.2 Å². The first-order valence-electron chi connectivity index (χ1n) is 8.62. The lowest BCUT2D eigenvalue weighted by molar-refractivity contribution is 0.101. The van der Waals surface area contributed by atoms with Gasteiger partial charge in [-0.3, -0.25) is 9.59 Å². The third-order valence-corrected chi connectivity index (χ3v) is 4.07. The van der Waals surface area contributed by atoms with Crippen LogP contribution in [-0.2, 0) is 0 Å². The SMILES string of the molecule is COc1ccc(C)cc1Nc1cc(C(=O)Nc2ccc(C(C)=O)cc2)ncn1. The number of carbonyl (C=O) groups excluding carboxylic acids is 2. The van der Waals surface area contributed by atoms with Crippen LogP contribution in [0.1, 0.15) is 33.3 Å².